The Labute approximate surface area is 156 Å². The van der Waals surface area contributed by atoms with Crippen molar-refractivity contribution in [2.75, 3.05) is 39.8 Å². The Bertz CT molecular complexity index is 644. The van der Waals surface area contributed by atoms with Gasteiger partial charge in [-0.1, -0.05) is 27.7 Å². The number of benzene rings is 1. The van der Waals surface area contributed by atoms with Gasteiger partial charge in [0.1, 0.15) is 5.75 Å². The minimum absolute atomic E-state index is 0.0112. The predicted molar refractivity (Wildman–Crippen MR) is 103 cm³/mol. The van der Waals surface area contributed by atoms with Crippen LogP contribution in [0.5, 0.6) is 5.75 Å². The second-order valence-corrected chi connectivity index (χ2v) is 7.88. The van der Waals surface area contributed by atoms with Crippen LogP contribution in [0.2, 0.25) is 0 Å². The van der Waals surface area contributed by atoms with Crippen molar-refractivity contribution >= 4 is 11.9 Å². The van der Waals surface area contributed by atoms with E-state index < -0.39 is 0 Å². The highest BCUT2D eigenvalue weighted by molar-refractivity contribution is 5.94. The summed E-state index contributed by atoms with van der Waals surface area (Å²) in [6, 6.07) is 5.51. The Balaban J connectivity index is 1.93. The van der Waals surface area contributed by atoms with E-state index in [1.807, 2.05) is 30.0 Å². The van der Waals surface area contributed by atoms with Crippen molar-refractivity contribution < 1.29 is 14.3 Å². The van der Waals surface area contributed by atoms with Crippen molar-refractivity contribution in [3.05, 3.63) is 29.3 Å². The number of hydrogen-bond donors (Lipinski definition) is 1. The zero-order valence-corrected chi connectivity index (χ0v) is 16.6. The van der Waals surface area contributed by atoms with Crippen LogP contribution in [-0.2, 0) is 6.42 Å². The number of urea groups is 1. The third-order valence-corrected chi connectivity index (χ3v) is 4.53. The maximum Gasteiger partial charge on any atom is 0.317 e. The average molecular weight is 361 g/mol. The molecule has 1 heterocycles. The number of hydrogen-bond acceptors (Lipinski definition) is 3. The molecule has 6 heteroatoms. The number of piperazine rings is 1. The molecule has 1 aliphatic rings. The van der Waals surface area contributed by atoms with Crippen molar-refractivity contribution in [2.24, 2.45) is 5.41 Å². The monoisotopic (exact) mass is 361 g/mol. The standard InChI is InChI=1S/C20H31N3O3/c1-6-15-13-16(7-8-17(15)26-5)18(24)22-9-11-23(12-10-22)19(25)21-14-20(2,3)4/h7-8,13H,6,9-12,14H2,1-5H3,(H,21,25). The first kappa shape index (κ1) is 20.1. The normalized spacial score (nSPS) is 15.0. The van der Waals surface area contributed by atoms with Gasteiger partial charge in [-0.2, -0.15) is 0 Å². The molecule has 0 atom stereocenters. The smallest absolute Gasteiger partial charge is 0.317 e. The van der Waals surface area contributed by atoms with Gasteiger partial charge >= 0.3 is 6.03 Å². The third kappa shape index (κ3) is 5.13. The van der Waals surface area contributed by atoms with Gasteiger partial charge in [0.2, 0.25) is 0 Å². The maximum atomic E-state index is 12.8. The summed E-state index contributed by atoms with van der Waals surface area (Å²) in [4.78, 5) is 28.6. The number of nitrogens with one attached hydrogen (secondary N) is 1. The molecule has 1 aliphatic heterocycles. The van der Waals surface area contributed by atoms with Gasteiger partial charge in [0.25, 0.3) is 5.91 Å². The molecule has 26 heavy (non-hydrogen) atoms. The fourth-order valence-corrected chi connectivity index (χ4v) is 2.94. The highest BCUT2D eigenvalue weighted by Crippen LogP contribution is 2.21. The molecule has 144 valence electrons. The van der Waals surface area contributed by atoms with Crippen LogP contribution in [0.4, 0.5) is 4.79 Å². The third-order valence-electron chi connectivity index (χ3n) is 4.53. The molecule has 1 saturated heterocycles. The first-order valence-electron chi connectivity index (χ1n) is 9.24. The molecule has 0 unspecified atom stereocenters. The molecular formula is C20H31N3O3. The summed E-state index contributed by atoms with van der Waals surface area (Å²) in [6.07, 6.45) is 0.812. The van der Waals surface area contributed by atoms with Gasteiger partial charge in [0, 0.05) is 38.3 Å². The van der Waals surface area contributed by atoms with Crippen LogP contribution in [0, 0.1) is 5.41 Å². The van der Waals surface area contributed by atoms with Crippen LogP contribution in [0.25, 0.3) is 0 Å². The summed E-state index contributed by atoms with van der Waals surface area (Å²) in [6.45, 7) is 11.1. The summed E-state index contributed by atoms with van der Waals surface area (Å²) in [5, 5.41) is 2.97. The second kappa shape index (κ2) is 8.43. The Hall–Kier alpha value is -2.24. The lowest BCUT2D eigenvalue weighted by Crippen LogP contribution is -2.53. The summed E-state index contributed by atoms with van der Waals surface area (Å²) in [7, 11) is 1.64. The molecule has 6 nitrogen and oxygen atoms in total. The summed E-state index contributed by atoms with van der Waals surface area (Å²) in [5.41, 5.74) is 1.76. The van der Waals surface area contributed by atoms with E-state index in [9.17, 15) is 9.59 Å². The second-order valence-electron chi connectivity index (χ2n) is 7.88. The van der Waals surface area contributed by atoms with E-state index in [2.05, 4.69) is 26.1 Å². The highest BCUT2D eigenvalue weighted by atomic mass is 16.5. The van der Waals surface area contributed by atoms with Gasteiger partial charge in [0.05, 0.1) is 7.11 Å². The number of methoxy groups -OCH3 is 1. The Morgan fingerprint density at radius 2 is 1.73 bits per heavy atom. The van der Waals surface area contributed by atoms with Crippen LogP contribution < -0.4 is 10.1 Å². The molecule has 1 N–H and O–H groups in total. The predicted octanol–water partition coefficient (Wildman–Crippen LogP) is 2.77. The van der Waals surface area contributed by atoms with Crippen LogP contribution in [0.3, 0.4) is 0 Å². The van der Waals surface area contributed by atoms with Gasteiger partial charge in [-0.05, 0) is 35.6 Å². The lowest BCUT2D eigenvalue weighted by Gasteiger charge is -2.35. The van der Waals surface area contributed by atoms with Crippen molar-refractivity contribution in [2.45, 2.75) is 34.1 Å². The molecular weight excluding hydrogens is 330 g/mol. The number of rotatable bonds is 4. The lowest BCUT2D eigenvalue weighted by atomic mass is 9.97. The molecule has 0 saturated carbocycles. The summed E-state index contributed by atoms with van der Waals surface area (Å²) < 4.78 is 5.33. The van der Waals surface area contributed by atoms with Crippen molar-refractivity contribution in [3.8, 4) is 5.75 Å². The van der Waals surface area contributed by atoms with E-state index in [0.29, 0.717) is 38.3 Å². The van der Waals surface area contributed by atoms with Crippen LogP contribution in [0.15, 0.2) is 18.2 Å². The molecule has 2 rings (SSSR count). The van der Waals surface area contributed by atoms with Crippen molar-refractivity contribution in [3.63, 3.8) is 0 Å². The number of aryl methyl sites for hydroxylation is 1. The first-order valence-corrected chi connectivity index (χ1v) is 9.24. The number of carbonyl (C=O) groups excluding carboxylic acids is 2. The Morgan fingerprint density at radius 3 is 2.27 bits per heavy atom. The number of ether oxygens (including phenoxy) is 1. The van der Waals surface area contributed by atoms with E-state index in [1.165, 1.54) is 0 Å². The maximum absolute atomic E-state index is 12.8. The molecule has 1 aromatic rings. The number of nitrogens with zero attached hydrogens (tertiary/aromatic N) is 2. The molecule has 1 fully saturated rings. The lowest BCUT2D eigenvalue weighted by molar-refractivity contribution is 0.0664. The van der Waals surface area contributed by atoms with Crippen LogP contribution >= 0.6 is 0 Å². The topological polar surface area (TPSA) is 61.9 Å². The number of amides is 3. The molecule has 1 aromatic carbocycles. The SMILES string of the molecule is CCc1cc(C(=O)N2CCN(C(=O)NCC(C)(C)C)CC2)ccc1OC. The molecule has 0 aromatic heterocycles. The number of carbonyl (C=O) groups is 2. The van der Waals surface area contributed by atoms with Gasteiger partial charge in [-0.3, -0.25) is 4.79 Å². The molecule has 0 bridgehead atoms. The van der Waals surface area contributed by atoms with Crippen molar-refractivity contribution in [1.29, 1.82) is 0 Å². The molecule has 0 aliphatic carbocycles. The van der Waals surface area contributed by atoms with Crippen molar-refractivity contribution in [1.82, 2.24) is 15.1 Å². The van der Waals surface area contributed by atoms with Crippen LogP contribution in [-0.4, -0.2) is 61.6 Å². The van der Waals surface area contributed by atoms with E-state index >= 15 is 0 Å². The first-order chi connectivity index (χ1) is 12.2. The van der Waals surface area contributed by atoms with Gasteiger partial charge in [-0.25, -0.2) is 4.79 Å². The molecule has 3 amide bonds. The Morgan fingerprint density at radius 1 is 1.12 bits per heavy atom. The summed E-state index contributed by atoms with van der Waals surface area (Å²) in [5.74, 6) is 0.821. The van der Waals surface area contributed by atoms with E-state index in [0.717, 1.165) is 17.7 Å². The minimum atomic E-state index is -0.0512. The zero-order valence-electron chi connectivity index (χ0n) is 16.6. The fourth-order valence-electron chi connectivity index (χ4n) is 2.94. The van der Waals surface area contributed by atoms with Crippen LogP contribution in [0.1, 0.15) is 43.6 Å². The van der Waals surface area contributed by atoms with Gasteiger partial charge in [-0.15, -0.1) is 0 Å². The van der Waals surface area contributed by atoms with E-state index in [4.69, 9.17) is 4.74 Å². The quantitative estimate of drug-likeness (QED) is 0.897. The zero-order chi connectivity index (χ0) is 19.3. The van der Waals surface area contributed by atoms with Gasteiger partial charge < -0.3 is 19.9 Å². The Kier molecular flexibility index (Phi) is 6.51. The fraction of sp³-hybridized carbons (Fsp3) is 0.600. The molecule has 0 spiro atoms. The van der Waals surface area contributed by atoms with Gasteiger partial charge in [0.15, 0.2) is 0 Å². The minimum Gasteiger partial charge on any atom is -0.496 e. The largest absolute Gasteiger partial charge is 0.496 e. The summed E-state index contributed by atoms with van der Waals surface area (Å²) >= 11 is 0. The van der Waals surface area contributed by atoms with E-state index in [-0.39, 0.29) is 17.4 Å². The highest BCUT2D eigenvalue weighted by Gasteiger charge is 2.25. The molecule has 0 radical (unpaired) electrons. The van der Waals surface area contributed by atoms with E-state index in [1.54, 1.807) is 12.0 Å². The average Bonchev–Trinajstić information content (AvgIpc) is 2.64.